The SMILES string of the molecule is N#Cc1cc(NCCCOc2ccccc2)ccn1. The summed E-state index contributed by atoms with van der Waals surface area (Å²) in [6, 6.07) is 15.3. The van der Waals surface area contributed by atoms with Crippen LogP contribution in [0.4, 0.5) is 5.69 Å². The van der Waals surface area contributed by atoms with E-state index in [2.05, 4.69) is 10.3 Å². The van der Waals surface area contributed by atoms with Crippen LogP contribution in [0.3, 0.4) is 0 Å². The summed E-state index contributed by atoms with van der Waals surface area (Å²) in [5.74, 6) is 0.887. The van der Waals surface area contributed by atoms with E-state index in [1.54, 1.807) is 12.3 Å². The number of aromatic nitrogens is 1. The zero-order valence-corrected chi connectivity index (χ0v) is 10.5. The van der Waals surface area contributed by atoms with Gasteiger partial charge < -0.3 is 10.1 Å². The zero-order valence-electron chi connectivity index (χ0n) is 10.5. The quantitative estimate of drug-likeness (QED) is 0.804. The van der Waals surface area contributed by atoms with Crippen molar-refractivity contribution in [2.75, 3.05) is 18.5 Å². The molecule has 1 aromatic carbocycles. The maximum Gasteiger partial charge on any atom is 0.142 e. The monoisotopic (exact) mass is 253 g/mol. The second-order valence-electron chi connectivity index (χ2n) is 3.98. The van der Waals surface area contributed by atoms with Gasteiger partial charge in [0.15, 0.2) is 0 Å². The number of ether oxygens (including phenoxy) is 1. The fourth-order valence-electron chi connectivity index (χ4n) is 1.61. The minimum absolute atomic E-state index is 0.422. The Kier molecular flexibility index (Phi) is 4.77. The Morgan fingerprint density at radius 3 is 2.84 bits per heavy atom. The van der Waals surface area contributed by atoms with E-state index >= 15 is 0 Å². The van der Waals surface area contributed by atoms with Crippen LogP contribution in [0.15, 0.2) is 48.7 Å². The lowest BCUT2D eigenvalue weighted by Gasteiger charge is -2.08. The molecule has 0 amide bonds. The molecule has 0 saturated heterocycles. The number of nitrogens with one attached hydrogen (secondary N) is 1. The first-order valence-corrected chi connectivity index (χ1v) is 6.16. The van der Waals surface area contributed by atoms with Gasteiger partial charge in [-0.05, 0) is 30.7 Å². The number of rotatable bonds is 6. The van der Waals surface area contributed by atoms with Crippen molar-refractivity contribution in [2.45, 2.75) is 6.42 Å². The van der Waals surface area contributed by atoms with E-state index in [0.717, 1.165) is 24.4 Å². The van der Waals surface area contributed by atoms with Crippen molar-refractivity contribution in [1.82, 2.24) is 4.98 Å². The number of nitrogens with zero attached hydrogens (tertiary/aromatic N) is 2. The molecule has 0 unspecified atom stereocenters. The summed E-state index contributed by atoms with van der Waals surface area (Å²) in [6.45, 7) is 1.45. The Morgan fingerprint density at radius 2 is 2.05 bits per heavy atom. The number of anilines is 1. The van der Waals surface area contributed by atoms with E-state index in [0.29, 0.717) is 12.3 Å². The number of benzene rings is 1. The molecule has 0 aliphatic rings. The first-order chi connectivity index (χ1) is 9.38. The standard InChI is InChI=1S/C15H15N3O/c16-12-14-11-13(7-9-18-14)17-8-4-10-19-15-5-2-1-3-6-15/h1-3,5-7,9,11H,4,8,10H2,(H,17,18). The van der Waals surface area contributed by atoms with Crippen LogP contribution >= 0.6 is 0 Å². The average molecular weight is 253 g/mol. The molecule has 0 aliphatic carbocycles. The van der Waals surface area contributed by atoms with Gasteiger partial charge in [0, 0.05) is 18.4 Å². The van der Waals surface area contributed by atoms with Crippen LogP contribution in [0.1, 0.15) is 12.1 Å². The van der Waals surface area contributed by atoms with Crippen molar-refractivity contribution in [2.24, 2.45) is 0 Å². The Labute approximate surface area is 112 Å². The van der Waals surface area contributed by atoms with Gasteiger partial charge in [0.2, 0.25) is 0 Å². The molecule has 2 aromatic rings. The normalized spacial score (nSPS) is 9.63. The van der Waals surface area contributed by atoms with Crippen molar-refractivity contribution >= 4 is 5.69 Å². The van der Waals surface area contributed by atoms with Crippen LogP contribution < -0.4 is 10.1 Å². The third-order valence-corrected chi connectivity index (χ3v) is 2.54. The van der Waals surface area contributed by atoms with E-state index in [9.17, 15) is 0 Å². The van der Waals surface area contributed by atoms with E-state index in [1.165, 1.54) is 0 Å². The Bertz CT molecular complexity index is 549. The van der Waals surface area contributed by atoms with Gasteiger partial charge in [-0.3, -0.25) is 0 Å². The first-order valence-electron chi connectivity index (χ1n) is 6.16. The molecule has 0 bridgehead atoms. The van der Waals surface area contributed by atoms with Gasteiger partial charge in [-0.1, -0.05) is 18.2 Å². The molecule has 0 saturated carbocycles. The third kappa shape index (κ3) is 4.32. The molecule has 2 rings (SSSR count). The predicted octanol–water partition coefficient (Wildman–Crippen LogP) is 2.83. The molecule has 0 fully saturated rings. The molecule has 1 aromatic heterocycles. The Hall–Kier alpha value is -2.54. The maximum atomic E-state index is 8.74. The van der Waals surface area contributed by atoms with Crippen LogP contribution in [-0.2, 0) is 0 Å². The molecule has 0 spiro atoms. The van der Waals surface area contributed by atoms with Crippen LogP contribution in [0.25, 0.3) is 0 Å². The van der Waals surface area contributed by atoms with Crippen LogP contribution in [0, 0.1) is 11.3 Å². The molecule has 0 atom stereocenters. The van der Waals surface area contributed by atoms with Crippen molar-refractivity contribution in [3.63, 3.8) is 0 Å². The summed E-state index contributed by atoms with van der Waals surface area (Å²) in [5, 5.41) is 12.0. The van der Waals surface area contributed by atoms with Gasteiger partial charge in [0.25, 0.3) is 0 Å². The van der Waals surface area contributed by atoms with Crippen LogP contribution in [0.5, 0.6) is 5.75 Å². The highest BCUT2D eigenvalue weighted by atomic mass is 16.5. The molecule has 4 heteroatoms. The largest absolute Gasteiger partial charge is 0.494 e. The molecule has 1 heterocycles. The fraction of sp³-hybridized carbons (Fsp3) is 0.200. The smallest absolute Gasteiger partial charge is 0.142 e. The lowest BCUT2D eigenvalue weighted by Crippen LogP contribution is -2.07. The Balaban J connectivity index is 1.68. The number of nitriles is 1. The molecule has 96 valence electrons. The average Bonchev–Trinajstić information content (AvgIpc) is 2.48. The lowest BCUT2D eigenvalue weighted by molar-refractivity contribution is 0.315. The van der Waals surface area contributed by atoms with Crippen molar-refractivity contribution in [3.8, 4) is 11.8 Å². The highest BCUT2D eigenvalue weighted by Gasteiger charge is 1.96. The molecule has 4 nitrogen and oxygen atoms in total. The molecule has 0 aliphatic heterocycles. The first kappa shape index (κ1) is 12.9. The third-order valence-electron chi connectivity index (χ3n) is 2.54. The van der Waals surface area contributed by atoms with Crippen molar-refractivity contribution in [3.05, 3.63) is 54.4 Å². The van der Waals surface area contributed by atoms with Crippen molar-refractivity contribution < 1.29 is 4.74 Å². The highest BCUT2D eigenvalue weighted by molar-refractivity contribution is 5.45. The summed E-state index contributed by atoms with van der Waals surface area (Å²) in [6.07, 6.45) is 2.51. The predicted molar refractivity (Wildman–Crippen MR) is 74.0 cm³/mol. The number of hydrogen-bond acceptors (Lipinski definition) is 4. The molecule has 0 radical (unpaired) electrons. The zero-order chi connectivity index (χ0) is 13.3. The van der Waals surface area contributed by atoms with Gasteiger partial charge in [0.1, 0.15) is 17.5 Å². The molecule has 19 heavy (non-hydrogen) atoms. The van der Waals surface area contributed by atoms with Crippen molar-refractivity contribution in [1.29, 1.82) is 5.26 Å². The summed E-state index contributed by atoms with van der Waals surface area (Å²) in [5.41, 5.74) is 1.33. The number of para-hydroxylation sites is 1. The summed E-state index contributed by atoms with van der Waals surface area (Å²) in [7, 11) is 0. The minimum atomic E-state index is 0.422. The summed E-state index contributed by atoms with van der Waals surface area (Å²) >= 11 is 0. The van der Waals surface area contributed by atoms with Gasteiger partial charge in [0.05, 0.1) is 6.61 Å². The number of hydrogen-bond donors (Lipinski definition) is 1. The van der Waals surface area contributed by atoms with Gasteiger partial charge in [-0.2, -0.15) is 5.26 Å². The maximum absolute atomic E-state index is 8.74. The topological polar surface area (TPSA) is 57.9 Å². The lowest BCUT2D eigenvalue weighted by atomic mass is 10.3. The Morgan fingerprint density at radius 1 is 1.21 bits per heavy atom. The summed E-state index contributed by atoms with van der Waals surface area (Å²) in [4.78, 5) is 3.92. The molecule has 1 N–H and O–H groups in total. The molecular weight excluding hydrogens is 238 g/mol. The van der Waals surface area contributed by atoms with Gasteiger partial charge in [-0.15, -0.1) is 0 Å². The van der Waals surface area contributed by atoms with Gasteiger partial charge >= 0.3 is 0 Å². The van der Waals surface area contributed by atoms with E-state index in [1.807, 2.05) is 42.5 Å². The summed E-state index contributed by atoms with van der Waals surface area (Å²) < 4.78 is 5.58. The van der Waals surface area contributed by atoms with Crippen LogP contribution in [0.2, 0.25) is 0 Å². The van der Waals surface area contributed by atoms with E-state index in [-0.39, 0.29) is 0 Å². The minimum Gasteiger partial charge on any atom is -0.494 e. The molecular formula is C15H15N3O. The van der Waals surface area contributed by atoms with E-state index in [4.69, 9.17) is 10.00 Å². The second kappa shape index (κ2) is 7.02. The number of pyridine rings is 1. The van der Waals surface area contributed by atoms with Crippen LogP contribution in [-0.4, -0.2) is 18.1 Å². The van der Waals surface area contributed by atoms with Gasteiger partial charge in [-0.25, -0.2) is 4.98 Å². The second-order valence-corrected chi connectivity index (χ2v) is 3.98. The fourth-order valence-corrected chi connectivity index (χ4v) is 1.61. The highest BCUT2D eigenvalue weighted by Crippen LogP contribution is 2.09. The van der Waals surface area contributed by atoms with E-state index < -0.39 is 0 Å².